The van der Waals surface area contributed by atoms with Crippen molar-refractivity contribution in [1.29, 1.82) is 0 Å². The van der Waals surface area contributed by atoms with E-state index in [1.165, 1.54) is 6.42 Å². The minimum Gasteiger partial charge on any atom is -0.463 e. The van der Waals surface area contributed by atoms with E-state index in [0.717, 1.165) is 12.8 Å². The number of ether oxygens (including phenoxy) is 1. The van der Waals surface area contributed by atoms with Crippen LogP contribution in [0.15, 0.2) is 0 Å². The van der Waals surface area contributed by atoms with Gasteiger partial charge in [0.25, 0.3) is 0 Å². The molecule has 0 saturated carbocycles. The Balaban J connectivity index is 0. The van der Waals surface area contributed by atoms with E-state index >= 15 is 0 Å². The van der Waals surface area contributed by atoms with E-state index in [-0.39, 0.29) is 19.2 Å². The lowest BCUT2D eigenvalue weighted by Gasteiger charge is -1.96. The summed E-state index contributed by atoms with van der Waals surface area (Å²) in [4.78, 5) is 10.2. The highest BCUT2D eigenvalue weighted by molar-refractivity contribution is 5.68. The van der Waals surface area contributed by atoms with Crippen LogP contribution < -0.4 is 0 Å². The molecule has 14 heavy (non-hydrogen) atoms. The van der Waals surface area contributed by atoms with Crippen LogP contribution in [0, 0.1) is 0 Å². The molecule has 0 aliphatic heterocycles. The van der Waals surface area contributed by atoms with Crippen LogP contribution in [0.1, 0.15) is 39.5 Å². The minimum atomic E-state index is -0.265. The van der Waals surface area contributed by atoms with Gasteiger partial charge in [-0.2, -0.15) is 0 Å². The highest BCUT2D eigenvalue weighted by Gasteiger charge is 1.93. The van der Waals surface area contributed by atoms with Crippen LogP contribution in [0.3, 0.4) is 0 Å². The van der Waals surface area contributed by atoms with Crippen LogP contribution in [0.5, 0.6) is 0 Å². The van der Waals surface area contributed by atoms with Gasteiger partial charge in [0.15, 0.2) is 0 Å². The number of carbonyl (C=O) groups is 1. The van der Waals surface area contributed by atoms with Gasteiger partial charge in [-0.05, 0) is 6.42 Å². The summed E-state index contributed by atoms with van der Waals surface area (Å²) in [5, 5.41) is 16.3. The van der Waals surface area contributed by atoms with Gasteiger partial charge in [-0.15, -0.1) is 0 Å². The summed E-state index contributed by atoms with van der Waals surface area (Å²) in [6, 6.07) is 0. The lowest BCUT2D eigenvalue weighted by Crippen LogP contribution is -2.06. The Morgan fingerprint density at radius 2 is 1.79 bits per heavy atom. The third kappa shape index (κ3) is 17.5. The molecule has 0 aliphatic rings. The third-order valence-electron chi connectivity index (χ3n) is 1.40. The maximum Gasteiger partial charge on any atom is 0.305 e. The molecule has 0 heterocycles. The van der Waals surface area contributed by atoms with Crippen molar-refractivity contribution < 1.29 is 19.7 Å². The molecular weight excluding hydrogens is 184 g/mol. The molecule has 0 unspecified atom stereocenters. The first-order valence-corrected chi connectivity index (χ1v) is 5.10. The lowest BCUT2D eigenvalue weighted by atomic mass is 10.3. The Kier molecular flexibility index (Phi) is 16.9. The third-order valence-corrected chi connectivity index (χ3v) is 1.40. The highest BCUT2D eigenvalue weighted by atomic mass is 16.5. The Hall–Kier alpha value is -0.610. The van der Waals surface area contributed by atoms with Gasteiger partial charge >= 0.3 is 5.97 Å². The predicted octanol–water partition coefficient (Wildman–Crippen LogP) is 1.10. The Morgan fingerprint density at radius 1 is 1.14 bits per heavy atom. The van der Waals surface area contributed by atoms with Crippen LogP contribution in [-0.4, -0.2) is 36.0 Å². The van der Waals surface area contributed by atoms with Gasteiger partial charge in [-0.3, -0.25) is 4.79 Å². The molecule has 0 spiro atoms. The molecule has 0 rings (SSSR count). The molecule has 2 N–H and O–H groups in total. The molecular formula is C10H22O4. The maximum absolute atomic E-state index is 10.2. The number of rotatable bonds is 6. The van der Waals surface area contributed by atoms with Crippen molar-refractivity contribution in [2.45, 2.75) is 39.5 Å². The fourth-order valence-electron chi connectivity index (χ4n) is 0.623. The van der Waals surface area contributed by atoms with Crippen LogP contribution in [0.25, 0.3) is 0 Å². The Labute approximate surface area is 85.9 Å². The van der Waals surface area contributed by atoms with Gasteiger partial charge in [0.1, 0.15) is 6.61 Å². The van der Waals surface area contributed by atoms with Crippen molar-refractivity contribution in [1.82, 2.24) is 0 Å². The van der Waals surface area contributed by atoms with Gasteiger partial charge < -0.3 is 14.9 Å². The summed E-state index contributed by atoms with van der Waals surface area (Å²) in [5.41, 5.74) is 0. The lowest BCUT2D eigenvalue weighted by molar-refractivity contribution is -0.144. The second kappa shape index (κ2) is 14.9. The molecule has 4 nitrogen and oxygen atoms in total. The first kappa shape index (κ1) is 15.8. The molecule has 0 aromatic carbocycles. The maximum atomic E-state index is 10.2. The van der Waals surface area contributed by atoms with Crippen LogP contribution in [-0.2, 0) is 9.53 Å². The fraction of sp³-hybridized carbons (Fsp3) is 0.900. The van der Waals surface area contributed by atoms with Gasteiger partial charge in [0.2, 0.25) is 0 Å². The topological polar surface area (TPSA) is 66.8 Å². The average molecular weight is 206 g/mol. The average Bonchev–Trinajstić information content (AvgIpc) is 2.23. The normalized spacial score (nSPS) is 8.86. The highest BCUT2D eigenvalue weighted by Crippen LogP contribution is 1.89. The molecule has 0 amide bonds. The van der Waals surface area contributed by atoms with E-state index in [9.17, 15) is 4.79 Å². The smallest absolute Gasteiger partial charge is 0.305 e. The van der Waals surface area contributed by atoms with Crippen molar-refractivity contribution in [2.75, 3.05) is 19.8 Å². The first-order chi connectivity index (χ1) is 6.72. The molecule has 0 aliphatic carbocycles. The van der Waals surface area contributed by atoms with Crippen molar-refractivity contribution >= 4 is 5.97 Å². The standard InChI is InChI=1S/C5H10O3.C5H12O/c1-2-5(7)8-4-3-6;1-2-3-4-5-6/h6H,2-4H2,1H3;6H,2-5H2,1H3. The number of aliphatic hydroxyl groups excluding tert-OH is 2. The van der Waals surface area contributed by atoms with E-state index < -0.39 is 0 Å². The summed E-state index contributed by atoms with van der Waals surface area (Å²) < 4.78 is 4.45. The zero-order valence-electron chi connectivity index (χ0n) is 9.16. The van der Waals surface area contributed by atoms with E-state index in [1.807, 2.05) is 0 Å². The summed E-state index contributed by atoms with van der Waals surface area (Å²) in [5.74, 6) is -0.265. The van der Waals surface area contributed by atoms with E-state index in [0.29, 0.717) is 13.0 Å². The number of carbonyl (C=O) groups excluding carboxylic acids is 1. The zero-order valence-corrected chi connectivity index (χ0v) is 9.16. The molecule has 4 heteroatoms. The van der Waals surface area contributed by atoms with Crippen LogP contribution >= 0.6 is 0 Å². The predicted molar refractivity (Wildman–Crippen MR) is 54.9 cm³/mol. The van der Waals surface area contributed by atoms with E-state index in [2.05, 4.69) is 11.7 Å². The summed E-state index contributed by atoms with van der Waals surface area (Å²) in [6.07, 6.45) is 3.70. The molecule has 0 atom stereocenters. The summed E-state index contributed by atoms with van der Waals surface area (Å²) in [6.45, 7) is 4.21. The van der Waals surface area contributed by atoms with E-state index in [4.69, 9.17) is 10.2 Å². The van der Waals surface area contributed by atoms with Crippen molar-refractivity contribution in [3.8, 4) is 0 Å². The van der Waals surface area contributed by atoms with Crippen LogP contribution in [0.2, 0.25) is 0 Å². The monoisotopic (exact) mass is 206 g/mol. The number of esters is 1. The molecule has 86 valence electrons. The Morgan fingerprint density at radius 3 is 2.07 bits per heavy atom. The molecule has 0 fully saturated rings. The number of hydrogen-bond donors (Lipinski definition) is 2. The zero-order chi connectivity index (χ0) is 11.2. The van der Waals surface area contributed by atoms with Gasteiger partial charge in [0.05, 0.1) is 6.61 Å². The second-order valence-corrected chi connectivity index (χ2v) is 2.73. The first-order valence-electron chi connectivity index (χ1n) is 5.10. The van der Waals surface area contributed by atoms with Crippen molar-refractivity contribution in [3.63, 3.8) is 0 Å². The summed E-state index contributed by atoms with van der Waals surface area (Å²) in [7, 11) is 0. The summed E-state index contributed by atoms with van der Waals surface area (Å²) >= 11 is 0. The Bertz CT molecular complexity index is 111. The minimum absolute atomic E-state index is 0.0915. The molecule has 0 radical (unpaired) electrons. The molecule has 0 aromatic rings. The largest absolute Gasteiger partial charge is 0.463 e. The van der Waals surface area contributed by atoms with E-state index in [1.54, 1.807) is 6.92 Å². The fourth-order valence-corrected chi connectivity index (χ4v) is 0.623. The van der Waals surface area contributed by atoms with Crippen LogP contribution in [0.4, 0.5) is 0 Å². The molecule has 0 bridgehead atoms. The van der Waals surface area contributed by atoms with Gasteiger partial charge in [-0.25, -0.2) is 0 Å². The second-order valence-electron chi connectivity index (χ2n) is 2.73. The van der Waals surface area contributed by atoms with Crippen molar-refractivity contribution in [3.05, 3.63) is 0 Å². The number of unbranched alkanes of at least 4 members (excludes halogenated alkanes) is 2. The van der Waals surface area contributed by atoms with Gasteiger partial charge in [0, 0.05) is 13.0 Å². The van der Waals surface area contributed by atoms with Gasteiger partial charge in [-0.1, -0.05) is 26.7 Å². The quantitative estimate of drug-likeness (QED) is 0.504. The number of hydrogen-bond acceptors (Lipinski definition) is 4. The molecule has 0 aromatic heterocycles. The number of aliphatic hydroxyl groups is 2. The van der Waals surface area contributed by atoms with Crippen molar-refractivity contribution in [2.24, 2.45) is 0 Å². The molecule has 0 saturated heterocycles. The SMILES string of the molecule is CCC(=O)OCCO.CCCCCO.